The fourth-order valence-electron chi connectivity index (χ4n) is 2.04. The molecule has 0 atom stereocenters. The molecule has 0 bridgehead atoms. The van der Waals surface area contributed by atoms with E-state index in [1.54, 1.807) is 13.1 Å². The van der Waals surface area contributed by atoms with Gasteiger partial charge in [0, 0.05) is 19.8 Å². The Morgan fingerprint density at radius 2 is 1.95 bits per heavy atom. The van der Waals surface area contributed by atoms with E-state index >= 15 is 0 Å². The number of benzene rings is 1. The Morgan fingerprint density at radius 1 is 1.23 bits per heavy atom. The maximum Gasteiger partial charge on any atom is 0.157 e. The second kappa shape index (κ2) is 6.93. The summed E-state index contributed by atoms with van der Waals surface area (Å²) in [5, 5.41) is 6.45. The number of nitrogens with zero attached hydrogens (tertiary/aromatic N) is 2. The van der Waals surface area contributed by atoms with Gasteiger partial charge in [0.05, 0.1) is 5.75 Å². The van der Waals surface area contributed by atoms with Crippen molar-refractivity contribution in [3.63, 3.8) is 0 Å². The largest absolute Gasteiger partial charge is 0.383 e. The molecule has 0 aliphatic heterocycles. The van der Waals surface area contributed by atoms with Gasteiger partial charge in [-0.2, -0.15) is 0 Å². The summed E-state index contributed by atoms with van der Waals surface area (Å²) in [5.74, 6) is 0.623. The molecule has 2 N–H and O–H groups in total. The molecule has 6 nitrogen and oxygen atoms in total. The van der Waals surface area contributed by atoms with Gasteiger partial charge < -0.3 is 10.6 Å². The summed E-state index contributed by atoms with van der Waals surface area (Å²) < 4.78 is 22.7. The predicted octanol–water partition coefficient (Wildman–Crippen LogP) is 2.33. The lowest BCUT2D eigenvalue weighted by atomic mass is 10.1. The monoisotopic (exact) mass is 340 g/mol. The molecule has 0 fully saturated rings. The van der Waals surface area contributed by atoms with Gasteiger partial charge in [0.1, 0.15) is 12.0 Å². The van der Waals surface area contributed by atoms with E-state index in [-0.39, 0.29) is 5.75 Å². The minimum absolute atomic E-state index is 0.0297. The molecule has 118 valence electrons. The van der Waals surface area contributed by atoms with Gasteiger partial charge in [-0.25, -0.2) is 18.4 Å². The van der Waals surface area contributed by atoms with Crippen LogP contribution in [-0.2, 0) is 22.1 Å². The molecule has 1 heterocycles. The van der Waals surface area contributed by atoms with E-state index in [0.29, 0.717) is 23.2 Å². The molecule has 0 radical (unpaired) electrons. The normalized spacial score (nSPS) is 11.2. The van der Waals surface area contributed by atoms with Gasteiger partial charge >= 0.3 is 0 Å². The van der Waals surface area contributed by atoms with Gasteiger partial charge in [-0.1, -0.05) is 35.9 Å². The Hall–Kier alpha value is -1.86. The summed E-state index contributed by atoms with van der Waals surface area (Å²) in [4.78, 5) is 8.05. The third-order valence-corrected chi connectivity index (χ3v) is 4.08. The molecule has 0 aliphatic carbocycles. The molecule has 0 amide bonds. The van der Waals surface area contributed by atoms with Crippen LogP contribution >= 0.6 is 11.6 Å². The van der Waals surface area contributed by atoms with E-state index in [4.69, 9.17) is 11.6 Å². The van der Waals surface area contributed by atoms with Gasteiger partial charge in [-0.15, -0.1) is 0 Å². The van der Waals surface area contributed by atoms with E-state index in [2.05, 4.69) is 20.6 Å². The highest BCUT2D eigenvalue weighted by molar-refractivity contribution is 7.89. The summed E-state index contributed by atoms with van der Waals surface area (Å²) in [6.07, 6.45) is 2.60. The van der Waals surface area contributed by atoms with Crippen LogP contribution in [0.4, 0.5) is 11.5 Å². The van der Waals surface area contributed by atoms with Crippen molar-refractivity contribution in [1.29, 1.82) is 0 Å². The SMILES string of the molecule is CNc1c(Cl)ncnc1NCc1cccc(CS(C)(=O)=O)c1. The summed E-state index contributed by atoms with van der Waals surface area (Å²) in [6.45, 7) is 0.500. The van der Waals surface area contributed by atoms with Crippen molar-refractivity contribution in [3.05, 3.63) is 46.9 Å². The molecule has 22 heavy (non-hydrogen) atoms. The first-order chi connectivity index (χ1) is 10.4. The molecule has 8 heteroatoms. The van der Waals surface area contributed by atoms with Crippen molar-refractivity contribution < 1.29 is 8.42 Å². The van der Waals surface area contributed by atoms with Gasteiger partial charge in [0.2, 0.25) is 0 Å². The van der Waals surface area contributed by atoms with Crippen LogP contribution in [-0.4, -0.2) is 31.7 Å². The van der Waals surface area contributed by atoms with Crippen LogP contribution in [0.1, 0.15) is 11.1 Å². The molecule has 0 saturated heterocycles. The molecule has 2 rings (SSSR count). The number of hydrogen-bond donors (Lipinski definition) is 2. The van der Waals surface area contributed by atoms with Gasteiger partial charge in [0.15, 0.2) is 20.8 Å². The molecule has 0 saturated carbocycles. The van der Waals surface area contributed by atoms with E-state index in [1.165, 1.54) is 12.6 Å². The lowest BCUT2D eigenvalue weighted by Gasteiger charge is -2.11. The van der Waals surface area contributed by atoms with Crippen LogP contribution in [0, 0.1) is 0 Å². The van der Waals surface area contributed by atoms with Gasteiger partial charge in [-0.3, -0.25) is 0 Å². The average molecular weight is 341 g/mol. The zero-order chi connectivity index (χ0) is 16.2. The van der Waals surface area contributed by atoms with Crippen molar-refractivity contribution >= 4 is 32.9 Å². The first kappa shape index (κ1) is 16.5. The van der Waals surface area contributed by atoms with Crippen molar-refractivity contribution in [2.75, 3.05) is 23.9 Å². The van der Waals surface area contributed by atoms with Crippen molar-refractivity contribution in [2.24, 2.45) is 0 Å². The number of sulfone groups is 1. The van der Waals surface area contributed by atoms with E-state index in [9.17, 15) is 8.42 Å². The lowest BCUT2D eigenvalue weighted by molar-refractivity contribution is 0.601. The molecule has 0 aliphatic rings. The van der Waals surface area contributed by atoms with E-state index < -0.39 is 9.84 Å². The lowest BCUT2D eigenvalue weighted by Crippen LogP contribution is -2.07. The number of hydrogen-bond acceptors (Lipinski definition) is 6. The standard InChI is InChI=1S/C14H17ClN4O2S/c1-16-12-13(15)18-9-19-14(12)17-7-10-4-3-5-11(6-10)8-22(2,20)21/h3-6,9,16H,7-8H2,1-2H3,(H,17,18,19). The Balaban J connectivity index is 2.12. The average Bonchev–Trinajstić information content (AvgIpc) is 2.44. The first-order valence-corrected chi connectivity index (χ1v) is 9.00. The Bertz CT molecular complexity index is 765. The number of aromatic nitrogens is 2. The quantitative estimate of drug-likeness (QED) is 0.785. The maximum atomic E-state index is 11.4. The topological polar surface area (TPSA) is 84.0 Å². The first-order valence-electron chi connectivity index (χ1n) is 6.56. The Morgan fingerprint density at radius 3 is 2.64 bits per heavy atom. The molecule has 0 spiro atoms. The number of nitrogens with one attached hydrogen (secondary N) is 2. The minimum Gasteiger partial charge on any atom is -0.383 e. The van der Waals surface area contributed by atoms with Gasteiger partial charge in [-0.05, 0) is 11.1 Å². The van der Waals surface area contributed by atoms with E-state index in [0.717, 1.165) is 11.1 Å². The number of anilines is 2. The third-order valence-electron chi connectivity index (χ3n) is 2.93. The minimum atomic E-state index is -3.05. The van der Waals surface area contributed by atoms with E-state index in [1.807, 2.05) is 18.2 Å². The highest BCUT2D eigenvalue weighted by Crippen LogP contribution is 2.25. The van der Waals surface area contributed by atoms with Crippen molar-refractivity contribution in [1.82, 2.24) is 9.97 Å². The summed E-state index contributed by atoms with van der Waals surface area (Å²) in [7, 11) is -1.31. The molecule has 0 unspecified atom stereocenters. The van der Waals surface area contributed by atoms with Crippen LogP contribution in [0.3, 0.4) is 0 Å². The fourth-order valence-corrected chi connectivity index (χ4v) is 3.05. The van der Waals surface area contributed by atoms with Crippen molar-refractivity contribution in [3.8, 4) is 0 Å². The van der Waals surface area contributed by atoms with Gasteiger partial charge in [0.25, 0.3) is 0 Å². The molecular formula is C14H17ClN4O2S. The van der Waals surface area contributed by atoms with Crippen LogP contribution in [0.2, 0.25) is 5.15 Å². The zero-order valence-electron chi connectivity index (χ0n) is 12.3. The molecule has 1 aromatic heterocycles. The molecule has 2 aromatic rings. The zero-order valence-corrected chi connectivity index (χ0v) is 13.9. The van der Waals surface area contributed by atoms with Crippen molar-refractivity contribution in [2.45, 2.75) is 12.3 Å². The Labute approximate surface area is 134 Å². The Kier molecular flexibility index (Phi) is 5.20. The number of halogens is 1. The van der Waals surface area contributed by atoms with Crippen LogP contribution in [0.15, 0.2) is 30.6 Å². The summed E-state index contributed by atoms with van der Waals surface area (Å²) >= 11 is 5.99. The smallest absolute Gasteiger partial charge is 0.157 e. The summed E-state index contributed by atoms with van der Waals surface area (Å²) in [5.41, 5.74) is 2.34. The summed E-state index contributed by atoms with van der Waals surface area (Å²) in [6, 6.07) is 7.41. The second-order valence-corrected chi connectivity index (χ2v) is 7.38. The molecular weight excluding hydrogens is 324 g/mol. The predicted molar refractivity (Wildman–Crippen MR) is 88.9 cm³/mol. The fraction of sp³-hybridized carbons (Fsp3) is 0.286. The third kappa shape index (κ3) is 4.57. The van der Waals surface area contributed by atoms with Crippen LogP contribution in [0.5, 0.6) is 0 Å². The van der Waals surface area contributed by atoms with Crippen LogP contribution < -0.4 is 10.6 Å². The highest BCUT2D eigenvalue weighted by atomic mass is 35.5. The molecule has 1 aromatic carbocycles. The second-order valence-electron chi connectivity index (χ2n) is 4.88. The maximum absolute atomic E-state index is 11.4. The number of rotatable bonds is 6. The van der Waals surface area contributed by atoms with Crippen LogP contribution in [0.25, 0.3) is 0 Å². The highest BCUT2D eigenvalue weighted by Gasteiger charge is 2.08.